The van der Waals surface area contributed by atoms with Crippen LogP contribution in [0.25, 0.3) is 17.6 Å². The van der Waals surface area contributed by atoms with E-state index in [2.05, 4.69) is 20.6 Å². The van der Waals surface area contributed by atoms with Crippen LogP contribution in [0.5, 0.6) is 5.75 Å². The molecule has 0 unspecified atom stereocenters. The number of benzene rings is 1. The summed E-state index contributed by atoms with van der Waals surface area (Å²) in [5.74, 6) is 1.69. The molecule has 0 aliphatic carbocycles. The number of carbonyl (C=O) groups is 1. The van der Waals surface area contributed by atoms with Gasteiger partial charge in [-0.2, -0.15) is 4.98 Å². The van der Waals surface area contributed by atoms with Crippen LogP contribution in [0.1, 0.15) is 17.2 Å². The van der Waals surface area contributed by atoms with Crippen molar-refractivity contribution in [1.82, 2.24) is 20.6 Å². The first kappa shape index (κ1) is 16.4. The summed E-state index contributed by atoms with van der Waals surface area (Å²) >= 11 is 0. The highest BCUT2D eigenvalue weighted by Gasteiger charge is 2.12. The van der Waals surface area contributed by atoms with Gasteiger partial charge in [-0.1, -0.05) is 22.4 Å². The molecular formula is C17H16N4O4. The van der Waals surface area contributed by atoms with Gasteiger partial charge in [-0.15, -0.1) is 0 Å². The Labute approximate surface area is 143 Å². The van der Waals surface area contributed by atoms with Gasteiger partial charge in [0, 0.05) is 12.1 Å². The van der Waals surface area contributed by atoms with Crippen molar-refractivity contribution in [3.05, 3.63) is 53.6 Å². The molecule has 0 saturated heterocycles. The van der Waals surface area contributed by atoms with E-state index in [1.807, 2.05) is 24.3 Å². The minimum atomic E-state index is -0.278. The number of methoxy groups -OCH3 is 1. The number of nitrogens with zero attached hydrogens (tertiary/aromatic N) is 3. The average Bonchev–Trinajstić information content (AvgIpc) is 3.27. The van der Waals surface area contributed by atoms with Crippen molar-refractivity contribution < 1.29 is 18.6 Å². The van der Waals surface area contributed by atoms with Gasteiger partial charge < -0.3 is 19.1 Å². The second-order valence-electron chi connectivity index (χ2n) is 5.16. The second kappa shape index (κ2) is 7.43. The minimum Gasteiger partial charge on any atom is -0.497 e. The Morgan fingerprint density at radius 1 is 1.28 bits per heavy atom. The lowest BCUT2D eigenvalue weighted by atomic mass is 10.2. The summed E-state index contributed by atoms with van der Waals surface area (Å²) in [4.78, 5) is 16.0. The number of hydrogen-bond donors (Lipinski definition) is 1. The number of aryl methyl sites for hydroxylation is 1. The Hall–Kier alpha value is -3.42. The lowest BCUT2D eigenvalue weighted by molar-refractivity contribution is -0.116. The number of aromatic nitrogens is 3. The van der Waals surface area contributed by atoms with E-state index >= 15 is 0 Å². The van der Waals surface area contributed by atoms with Crippen LogP contribution in [-0.4, -0.2) is 28.3 Å². The predicted molar refractivity (Wildman–Crippen MR) is 88.4 cm³/mol. The molecular weight excluding hydrogens is 324 g/mol. The highest BCUT2D eigenvalue weighted by atomic mass is 16.5. The van der Waals surface area contributed by atoms with E-state index in [0.717, 1.165) is 11.3 Å². The fourth-order valence-electron chi connectivity index (χ4n) is 2.04. The summed E-state index contributed by atoms with van der Waals surface area (Å²) in [5.41, 5.74) is 1.34. The van der Waals surface area contributed by atoms with E-state index in [-0.39, 0.29) is 18.3 Å². The molecule has 3 aromatic rings. The molecule has 0 saturated carbocycles. The number of amides is 1. The molecule has 8 nitrogen and oxygen atoms in total. The van der Waals surface area contributed by atoms with Crippen LogP contribution in [0.3, 0.4) is 0 Å². The third-order valence-corrected chi connectivity index (χ3v) is 3.26. The summed E-state index contributed by atoms with van der Waals surface area (Å²) in [7, 11) is 1.59. The van der Waals surface area contributed by atoms with Gasteiger partial charge in [0.05, 0.1) is 13.7 Å². The fourth-order valence-corrected chi connectivity index (χ4v) is 2.04. The first-order valence-corrected chi connectivity index (χ1v) is 7.50. The molecule has 0 spiro atoms. The molecule has 0 fully saturated rings. The summed E-state index contributed by atoms with van der Waals surface area (Å²) < 4.78 is 15.2. The highest BCUT2D eigenvalue weighted by Crippen LogP contribution is 2.15. The largest absolute Gasteiger partial charge is 0.497 e. The third kappa shape index (κ3) is 4.31. The third-order valence-electron chi connectivity index (χ3n) is 3.26. The Bertz CT molecular complexity index is 897. The fraction of sp³-hybridized carbons (Fsp3) is 0.176. The molecule has 2 aromatic heterocycles. The predicted octanol–water partition coefficient (Wildman–Crippen LogP) is 2.37. The molecule has 2 heterocycles. The SMILES string of the molecule is COc1cccc(C=CC(=O)NCc2nc(-c3cc(C)on3)no2)c1. The van der Waals surface area contributed by atoms with Gasteiger partial charge in [0.2, 0.25) is 17.6 Å². The van der Waals surface area contributed by atoms with Crippen molar-refractivity contribution in [3.8, 4) is 17.3 Å². The van der Waals surface area contributed by atoms with E-state index in [1.165, 1.54) is 6.08 Å². The first-order chi connectivity index (χ1) is 12.1. The molecule has 1 aromatic carbocycles. The van der Waals surface area contributed by atoms with Gasteiger partial charge in [0.1, 0.15) is 11.5 Å². The smallest absolute Gasteiger partial charge is 0.246 e. The van der Waals surface area contributed by atoms with Crippen molar-refractivity contribution >= 4 is 12.0 Å². The van der Waals surface area contributed by atoms with E-state index in [1.54, 1.807) is 26.2 Å². The molecule has 0 atom stereocenters. The normalized spacial score (nSPS) is 11.0. The molecule has 8 heteroatoms. The van der Waals surface area contributed by atoms with Gasteiger partial charge in [-0.25, -0.2) is 0 Å². The van der Waals surface area contributed by atoms with Crippen LogP contribution in [-0.2, 0) is 11.3 Å². The molecule has 25 heavy (non-hydrogen) atoms. The van der Waals surface area contributed by atoms with Crippen LogP contribution in [0, 0.1) is 6.92 Å². The van der Waals surface area contributed by atoms with E-state index in [9.17, 15) is 4.79 Å². The number of nitrogens with one attached hydrogen (secondary N) is 1. The Morgan fingerprint density at radius 2 is 2.16 bits per heavy atom. The summed E-state index contributed by atoms with van der Waals surface area (Å²) in [5, 5.41) is 10.3. The summed E-state index contributed by atoms with van der Waals surface area (Å²) in [6.07, 6.45) is 3.11. The standard InChI is InChI=1S/C17H16N4O4/c1-11-8-14(20-24-11)17-19-16(25-21-17)10-18-15(22)7-6-12-4-3-5-13(9-12)23-2/h3-9H,10H2,1-2H3,(H,18,22). The molecule has 0 aliphatic heterocycles. The van der Waals surface area contributed by atoms with Crippen molar-refractivity contribution in [3.63, 3.8) is 0 Å². The molecule has 0 aliphatic rings. The molecule has 128 valence electrons. The molecule has 3 rings (SSSR count). The zero-order valence-corrected chi connectivity index (χ0v) is 13.7. The Kier molecular flexibility index (Phi) is 4.89. The van der Waals surface area contributed by atoms with Crippen molar-refractivity contribution in [2.75, 3.05) is 7.11 Å². The zero-order valence-electron chi connectivity index (χ0n) is 13.7. The number of hydrogen-bond acceptors (Lipinski definition) is 7. The second-order valence-corrected chi connectivity index (χ2v) is 5.16. The number of rotatable bonds is 6. The zero-order chi connectivity index (χ0) is 17.6. The van der Waals surface area contributed by atoms with Gasteiger partial charge >= 0.3 is 0 Å². The first-order valence-electron chi connectivity index (χ1n) is 7.50. The summed E-state index contributed by atoms with van der Waals surface area (Å²) in [6, 6.07) is 9.08. The van der Waals surface area contributed by atoms with Crippen LogP contribution in [0.15, 0.2) is 45.5 Å². The maximum Gasteiger partial charge on any atom is 0.246 e. The van der Waals surface area contributed by atoms with Crippen molar-refractivity contribution in [2.45, 2.75) is 13.5 Å². The minimum absolute atomic E-state index is 0.116. The average molecular weight is 340 g/mol. The van der Waals surface area contributed by atoms with E-state index in [4.69, 9.17) is 13.8 Å². The topological polar surface area (TPSA) is 103 Å². The van der Waals surface area contributed by atoms with Gasteiger partial charge in [-0.05, 0) is 30.7 Å². The molecule has 1 N–H and O–H groups in total. The van der Waals surface area contributed by atoms with Gasteiger partial charge in [0.25, 0.3) is 0 Å². The maximum atomic E-state index is 11.9. The Balaban J connectivity index is 1.55. The van der Waals surface area contributed by atoms with Crippen LogP contribution in [0.2, 0.25) is 0 Å². The molecule has 0 radical (unpaired) electrons. The number of carbonyl (C=O) groups excluding carboxylic acids is 1. The van der Waals surface area contributed by atoms with Gasteiger partial charge in [0.15, 0.2) is 5.69 Å². The molecule has 0 bridgehead atoms. The van der Waals surface area contributed by atoms with Crippen molar-refractivity contribution in [2.24, 2.45) is 0 Å². The maximum absolute atomic E-state index is 11.9. The quantitative estimate of drug-likeness (QED) is 0.687. The van der Waals surface area contributed by atoms with Crippen LogP contribution in [0.4, 0.5) is 0 Å². The number of ether oxygens (including phenoxy) is 1. The van der Waals surface area contributed by atoms with Crippen LogP contribution < -0.4 is 10.1 Å². The monoisotopic (exact) mass is 340 g/mol. The van der Waals surface area contributed by atoms with Gasteiger partial charge in [-0.3, -0.25) is 4.79 Å². The van der Waals surface area contributed by atoms with E-state index < -0.39 is 0 Å². The lowest BCUT2D eigenvalue weighted by Gasteiger charge is -2.00. The highest BCUT2D eigenvalue weighted by molar-refractivity contribution is 5.91. The van der Waals surface area contributed by atoms with Crippen molar-refractivity contribution in [1.29, 1.82) is 0 Å². The summed E-state index contributed by atoms with van der Waals surface area (Å²) in [6.45, 7) is 1.89. The molecule has 1 amide bonds. The van der Waals surface area contributed by atoms with Crippen LogP contribution >= 0.6 is 0 Å². The lowest BCUT2D eigenvalue weighted by Crippen LogP contribution is -2.20. The Morgan fingerprint density at radius 3 is 2.92 bits per heavy atom. The van der Waals surface area contributed by atoms with E-state index in [0.29, 0.717) is 17.3 Å².